The van der Waals surface area contributed by atoms with Gasteiger partial charge in [-0.15, -0.1) is 0 Å². The molecule has 66 valence electrons. The Hall–Kier alpha value is -1.41. The molecule has 0 aromatic heterocycles. The first kappa shape index (κ1) is 6.14. The zero-order valence-corrected chi connectivity index (χ0v) is 6.02. The third kappa shape index (κ3) is 1.17. The highest BCUT2D eigenvalue weighted by Crippen LogP contribution is 1.99. The fourth-order valence-corrected chi connectivity index (χ4v) is 1.19. The van der Waals surface area contributed by atoms with E-state index in [0.717, 1.165) is 0 Å². The van der Waals surface area contributed by atoms with Gasteiger partial charge in [-0.2, -0.15) is 0 Å². The van der Waals surface area contributed by atoms with Crippen LogP contribution in [0.4, 0.5) is 0 Å². The zero-order chi connectivity index (χ0) is 9.42. The highest BCUT2D eigenvalue weighted by atomic mass is 16.7. The Morgan fingerprint density at radius 2 is 2.42 bits per heavy atom. The number of nitrogens with zero attached hydrogens (tertiary/aromatic N) is 2. The van der Waals surface area contributed by atoms with Gasteiger partial charge in [0.1, 0.15) is 18.8 Å². The Morgan fingerprint density at radius 1 is 1.67 bits per heavy atom. The van der Waals surface area contributed by atoms with E-state index in [-0.39, 0.29) is 18.3 Å². The number of hydrogen-bond acceptors (Lipinski definition) is 4. The summed E-state index contributed by atoms with van der Waals surface area (Å²) in [4.78, 5) is 10.0. The minimum absolute atomic E-state index is 0.0875. The van der Waals surface area contributed by atoms with E-state index in [0.29, 0.717) is 6.67 Å². The molecule has 8 nitrogen and oxygen atoms in total. The number of fused-ring (bicyclic) bond motifs is 1. The van der Waals surface area contributed by atoms with Crippen LogP contribution in [-0.2, 0) is 0 Å². The molecule has 0 spiro atoms. The van der Waals surface area contributed by atoms with Gasteiger partial charge in [0.15, 0.2) is 5.03 Å². The van der Waals surface area contributed by atoms with Gasteiger partial charge < -0.3 is 10.6 Å². The lowest BCUT2D eigenvalue weighted by molar-refractivity contribution is -0.485. The average molecular weight is 173 g/mol. The van der Waals surface area contributed by atoms with Gasteiger partial charge in [0.05, 0.1) is 0 Å². The van der Waals surface area contributed by atoms with Crippen molar-refractivity contribution in [3.8, 4) is 0 Å². The second kappa shape index (κ2) is 2.57. The Labute approximate surface area is 69.0 Å². The second-order valence-corrected chi connectivity index (χ2v) is 2.44. The molecule has 0 bridgehead atoms. The average Bonchev–Trinajstić information content (AvgIpc) is 2.53. The molecule has 2 rings (SSSR count). The van der Waals surface area contributed by atoms with Gasteiger partial charge in [-0.1, -0.05) is 0 Å². The maximum Gasteiger partial charge on any atom is 0.271 e. The maximum atomic E-state index is 10.0. The lowest BCUT2D eigenvalue weighted by Gasteiger charge is -2.04. The van der Waals surface area contributed by atoms with Crippen molar-refractivity contribution in [2.75, 3.05) is 6.67 Å². The molecule has 0 aromatic carbocycles. The molecule has 2 fully saturated rings. The molecule has 2 saturated heterocycles. The van der Waals surface area contributed by atoms with Crippen LogP contribution in [0.3, 0.4) is 0 Å². The van der Waals surface area contributed by atoms with Crippen LogP contribution in [0.1, 0.15) is 0 Å². The molecule has 2 atom stereocenters. The van der Waals surface area contributed by atoms with E-state index in [1.165, 1.54) is 5.31 Å². The predicted molar refractivity (Wildman–Crippen MR) is 39.4 cm³/mol. The van der Waals surface area contributed by atoms with E-state index in [1.807, 2.05) is 0 Å². The number of hydrogen-bond donors (Lipinski definition) is 4. The first-order valence-corrected chi connectivity index (χ1v) is 3.42. The summed E-state index contributed by atoms with van der Waals surface area (Å²) >= 11 is 0. The monoisotopic (exact) mass is 173 g/mol. The number of nitro groups is 1. The fraction of sp³-hybridized carbons (Fsp3) is 0.750. The van der Waals surface area contributed by atoms with Crippen LogP contribution >= 0.6 is 0 Å². The molecule has 2 unspecified atom stereocenters. The van der Waals surface area contributed by atoms with Crippen LogP contribution in [0, 0.1) is 10.1 Å². The molecule has 0 aliphatic carbocycles. The van der Waals surface area contributed by atoms with E-state index in [2.05, 4.69) is 21.1 Å². The first-order chi connectivity index (χ1) is 6.16. The molecule has 8 heteroatoms. The zero-order valence-electron chi connectivity index (χ0n) is 7.02. The molecular weight excluding hydrogens is 164 g/mol. The summed E-state index contributed by atoms with van der Waals surface area (Å²) in [5.41, 5.74) is 0. The number of nitrogens with one attached hydrogen (secondary N) is 4. The SMILES string of the molecule is [2H]N1CNC2NC(=N[N+](=O)[O-])NC21. The minimum Gasteiger partial charge on any atom is -0.332 e. The largest absolute Gasteiger partial charge is 0.332 e. The lowest BCUT2D eigenvalue weighted by Crippen LogP contribution is -2.39. The first-order valence-electron chi connectivity index (χ1n) is 3.86. The van der Waals surface area contributed by atoms with Crippen LogP contribution < -0.4 is 21.3 Å². The standard InChI is InChI=1S/C4H8N6O2/c11-10(12)9-4-7-2-3(8-4)6-1-5-2/h2-3,5-6H,1H2,(H2,7,8,9)/i/hD. The van der Waals surface area contributed by atoms with Crippen LogP contribution in [0.2, 0.25) is 1.41 Å². The molecular formula is C4H8N6O2. The quantitative estimate of drug-likeness (QED) is 0.259. The van der Waals surface area contributed by atoms with Crippen LogP contribution in [0.25, 0.3) is 0 Å². The summed E-state index contributed by atoms with van der Waals surface area (Å²) in [6, 6.07) is 0. The summed E-state index contributed by atoms with van der Waals surface area (Å²) in [6.45, 7) is 0.418. The van der Waals surface area contributed by atoms with Gasteiger partial charge in [0, 0.05) is 6.67 Å². The van der Waals surface area contributed by atoms with Crippen molar-refractivity contribution < 1.29 is 6.44 Å². The van der Waals surface area contributed by atoms with Crippen molar-refractivity contribution in [2.24, 2.45) is 5.10 Å². The fourth-order valence-electron chi connectivity index (χ4n) is 1.19. The summed E-state index contributed by atoms with van der Waals surface area (Å²) in [5, 5.41) is 21.9. The summed E-state index contributed by atoms with van der Waals surface area (Å²) < 4.78 is 7.38. The molecule has 0 saturated carbocycles. The number of guanidine groups is 1. The summed E-state index contributed by atoms with van der Waals surface area (Å²) in [7, 11) is 0. The molecule has 2 aliphatic heterocycles. The highest BCUT2D eigenvalue weighted by Gasteiger charge is 2.35. The smallest absolute Gasteiger partial charge is 0.271 e. The Kier molecular flexibility index (Phi) is 1.32. The van der Waals surface area contributed by atoms with Crippen molar-refractivity contribution in [3.63, 3.8) is 0 Å². The molecule has 0 radical (unpaired) electrons. The third-order valence-corrected chi connectivity index (χ3v) is 1.67. The Bertz CT molecular complexity index is 269. The maximum absolute atomic E-state index is 10.0. The van der Waals surface area contributed by atoms with Crippen molar-refractivity contribution in [3.05, 3.63) is 10.1 Å². The van der Waals surface area contributed by atoms with E-state index in [4.69, 9.17) is 1.41 Å². The molecule has 0 aromatic rings. The Balaban J connectivity index is 2.06. The van der Waals surface area contributed by atoms with Crippen LogP contribution in [-0.4, -0.2) is 30.0 Å². The van der Waals surface area contributed by atoms with Crippen molar-refractivity contribution in [1.29, 1.82) is 0 Å². The van der Waals surface area contributed by atoms with Crippen molar-refractivity contribution in [2.45, 2.75) is 12.3 Å². The Morgan fingerprint density at radius 3 is 3.08 bits per heavy atom. The van der Waals surface area contributed by atoms with Crippen LogP contribution in [0.5, 0.6) is 0 Å². The van der Waals surface area contributed by atoms with E-state index < -0.39 is 5.03 Å². The van der Waals surface area contributed by atoms with Gasteiger partial charge >= 0.3 is 0 Å². The van der Waals surface area contributed by atoms with Crippen molar-refractivity contribution in [1.82, 2.24) is 21.3 Å². The topological polar surface area (TPSA) is 104 Å². The van der Waals surface area contributed by atoms with Crippen molar-refractivity contribution >= 4 is 5.96 Å². The summed E-state index contributed by atoms with van der Waals surface area (Å²) in [5.74, 6) is 0.0875. The van der Waals surface area contributed by atoms with Gasteiger partial charge in [-0.25, -0.2) is 10.1 Å². The third-order valence-electron chi connectivity index (χ3n) is 1.67. The molecule has 2 heterocycles. The number of rotatable bonds is 1. The van der Waals surface area contributed by atoms with Gasteiger partial charge in [0.2, 0.25) is 0 Å². The molecule has 0 amide bonds. The predicted octanol–water partition coefficient (Wildman–Crippen LogP) is -2.47. The van der Waals surface area contributed by atoms with Crippen LogP contribution in [0.15, 0.2) is 5.10 Å². The van der Waals surface area contributed by atoms with Gasteiger partial charge in [-0.3, -0.25) is 10.6 Å². The normalized spacial score (nSPS) is 38.7. The molecule has 12 heavy (non-hydrogen) atoms. The second-order valence-electron chi connectivity index (χ2n) is 2.44. The minimum atomic E-state index is -0.787. The van der Waals surface area contributed by atoms with Gasteiger partial charge in [-0.05, 0) is 0 Å². The molecule has 2 aliphatic rings. The van der Waals surface area contributed by atoms with E-state index >= 15 is 0 Å². The van der Waals surface area contributed by atoms with Gasteiger partial charge in [0.25, 0.3) is 5.96 Å². The summed E-state index contributed by atoms with van der Waals surface area (Å²) in [6.07, 6.45) is -0.477. The lowest BCUT2D eigenvalue weighted by atomic mass is 10.4. The number of hydrazone groups is 1. The molecule has 4 N–H and O–H groups in total. The highest BCUT2D eigenvalue weighted by molar-refractivity contribution is 5.82. The van der Waals surface area contributed by atoms with E-state index in [1.54, 1.807) is 0 Å². The van der Waals surface area contributed by atoms with E-state index in [9.17, 15) is 10.1 Å².